The van der Waals surface area contributed by atoms with Gasteiger partial charge in [0, 0.05) is 31.6 Å². The van der Waals surface area contributed by atoms with Gasteiger partial charge in [-0.05, 0) is 87.3 Å². The van der Waals surface area contributed by atoms with Crippen LogP contribution in [0.25, 0.3) is 0 Å². The highest BCUT2D eigenvalue weighted by Gasteiger charge is 2.44. The van der Waals surface area contributed by atoms with Crippen molar-refractivity contribution in [3.63, 3.8) is 0 Å². The summed E-state index contributed by atoms with van der Waals surface area (Å²) in [7, 11) is 0. The molecule has 3 heteroatoms. The summed E-state index contributed by atoms with van der Waals surface area (Å²) < 4.78 is 0. The van der Waals surface area contributed by atoms with Crippen molar-refractivity contribution in [2.24, 2.45) is 17.8 Å². The van der Waals surface area contributed by atoms with Crippen LogP contribution in [0, 0.1) is 17.8 Å². The van der Waals surface area contributed by atoms with Crippen LogP contribution in [0.2, 0.25) is 0 Å². The van der Waals surface area contributed by atoms with Crippen molar-refractivity contribution in [3.05, 3.63) is 35.4 Å². The molecule has 0 spiro atoms. The third kappa shape index (κ3) is 3.75. The Balaban J connectivity index is 1.22. The second-order valence-electron chi connectivity index (χ2n) is 10.00. The maximum atomic E-state index is 12.6. The van der Waals surface area contributed by atoms with Gasteiger partial charge in [0.05, 0.1) is 0 Å². The van der Waals surface area contributed by atoms with E-state index < -0.39 is 0 Å². The topological polar surface area (TPSA) is 23.6 Å². The van der Waals surface area contributed by atoms with Crippen molar-refractivity contribution in [1.82, 2.24) is 9.80 Å². The fourth-order valence-corrected chi connectivity index (χ4v) is 6.18. The number of carbonyl (C=O) groups excluding carboxylic acids is 1. The van der Waals surface area contributed by atoms with Crippen molar-refractivity contribution < 1.29 is 4.79 Å². The molecular weight excluding hydrogens is 344 g/mol. The maximum Gasteiger partial charge on any atom is 0.225 e. The molecule has 2 saturated heterocycles. The summed E-state index contributed by atoms with van der Waals surface area (Å²) >= 11 is 0. The molecule has 1 aromatic carbocycles. The third-order valence-electron chi connectivity index (χ3n) is 8.12. The quantitative estimate of drug-likeness (QED) is 0.753. The van der Waals surface area contributed by atoms with Crippen LogP contribution in [0.5, 0.6) is 0 Å². The molecule has 2 saturated carbocycles. The molecule has 3 nitrogen and oxygen atoms in total. The molecule has 5 rings (SSSR count). The second-order valence-corrected chi connectivity index (χ2v) is 10.00. The Morgan fingerprint density at radius 1 is 1.00 bits per heavy atom. The van der Waals surface area contributed by atoms with Gasteiger partial charge in [-0.2, -0.15) is 0 Å². The van der Waals surface area contributed by atoms with Crippen molar-refractivity contribution in [2.75, 3.05) is 26.2 Å². The minimum Gasteiger partial charge on any atom is -0.342 e. The minimum absolute atomic E-state index is 0.371. The lowest BCUT2D eigenvalue weighted by molar-refractivity contribution is -0.131. The van der Waals surface area contributed by atoms with E-state index in [1.165, 1.54) is 62.7 Å². The van der Waals surface area contributed by atoms with Gasteiger partial charge >= 0.3 is 0 Å². The molecule has 4 atom stereocenters. The van der Waals surface area contributed by atoms with Gasteiger partial charge in [-0.15, -0.1) is 0 Å². The van der Waals surface area contributed by atoms with Gasteiger partial charge in [0.25, 0.3) is 0 Å². The smallest absolute Gasteiger partial charge is 0.225 e. The number of nitrogens with zero attached hydrogens (tertiary/aromatic N) is 2. The summed E-state index contributed by atoms with van der Waals surface area (Å²) in [5.74, 6) is 2.91. The lowest BCUT2D eigenvalue weighted by Gasteiger charge is -2.33. The van der Waals surface area contributed by atoms with E-state index in [0.29, 0.717) is 23.7 Å². The van der Waals surface area contributed by atoms with E-state index in [9.17, 15) is 4.79 Å². The number of likely N-dealkylation sites (tertiary alicyclic amines) is 2. The summed E-state index contributed by atoms with van der Waals surface area (Å²) in [5, 5.41) is 0. The molecule has 1 aromatic rings. The van der Waals surface area contributed by atoms with Crippen LogP contribution in [-0.4, -0.2) is 47.9 Å². The van der Waals surface area contributed by atoms with Gasteiger partial charge in [0.2, 0.25) is 5.91 Å². The molecule has 2 aliphatic carbocycles. The zero-order chi connectivity index (χ0) is 19.1. The molecule has 0 bridgehead atoms. The number of carbonyl (C=O) groups is 1. The van der Waals surface area contributed by atoms with E-state index in [4.69, 9.17) is 0 Å². The third-order valence-corrected chi connectivity index (χ3v) is 8.12. The summed E-state index contributed by atoms with van der Waals surface area (Å²) in [5.41, 5.74) is 3.00. The van der Waals surface area contributed by atoms with E-state index in [-0.39, 0.29) is 0 Å². The lowest BCUT2D eigenvalue weighted by Crippen LogP contribution is -2.30. The van der Waals surface area contributed by atoms with E-state index in [0.717, 1.165) is 37.9 Å². The molecule has 28 heavy (non-hydrogen) atoms. The summed E-state index contributed by atoms with van der Waals surface area (Å²) in [6, 6.07) is 10.3. The number of amides is 1. The monoisotopic (exact) mass is 380 g/mol. The molecule has 152 valence electrons. The summed E-state index contributed by atoms with van der Waals surface area (Å²) in [4.78, 5) is 17.4. The van der Waals surface area contributed by atoms with Gasteiger partial charge in [-0.3, -0.25) is 4.79 Å². The standard InChI is InChI=1S/C25H36N2O/c1-18-4-3-14-26(18)15-13-19-7-9-20(10-8-19)23-6-2-5-22-16-27(17-24(22)23)25(28)21-11-12-21/h7-10,18,21-24H,2-6,11-17H2,1H3/t18-,22?,23?,24?/m1/s1. The fraction of sp³-hybridized carbons (Fsp3) is 0.720. The first-order valence-corrected chi connectivity index (χ1v) is 11.8. The molecule has 0 N–H and O–H groups in total. The van der Waals surface area contributed by atoms with Gasteiger partial charge in [-0.25, -0.2) is 0 Å². The Morgan fingerprint density at radius 2 is 1.82 bits per heavy atom. The van der Waals surface area contributed by atoms with E-state index in [1.807, 2.05) is 0 Å². The van der Waals surface area contributed by atoms with Gasteiger partial charge < -0.3 is 9.80 Å². The average molecular weight is 381 g/mol. The molecule has 2 heterocycles. The number of rotatable bonds is 5. The van der Waals surface area contributed by atoms with Crippen molar-refractivity contribution in [3.8, 4) is 0 Å². The Labute approximate surface area is 170 Å². The first kappa shape index (κ1) is 18.7. The lowest BCUT2D eigenvalue weighted by atomic mass is 9.71. The van der Waals surface area contributed by atoms with Crippen molar-refractivity contribution >= 4 is 5.91 Å². The van der Waals surface area contributed by atoms with E-state index in [2.05, 4.69) is 41.0 Å². The predicted molar refractivity (Wildman–Crippen MR) is 113 cm³/mol. The Hall–Kier alpha value is -1.35. The molecule has 3 unspecified atom stereocenters. The van der Waals surface area contributed by atoms with E-state index >= 15 is 0 Å². The van der Waals surface area contributed by atoms with Gasteiger partial charge in [0.15, 0.2) is 0 Å². The molecule has 2 aliphatic heterocycles. The maximum absolute atomic E-state index is 12.6. The largest absolute Gasteiger partial charge is 0.342 e. The highest BCUT2D eigenvalue weighted by Crippen LogP contribution is 2.46. The number of benzene rings is 1. The van der Waals surface area contributed by atoms with Crippen molar-refractivity contribution in [1.29, 1.82) is 0 Å². The van der Waals surface area contributed by atoms with Crippen LogP contribution in [0.15, 0.2) is 24.3 Å². The van der Waals surface area contributed by atoms with Crippen LogP contribution >= 0.6 is 0 Å². The van der Waals surface area contributed by atoms with Crippen LogP contribution in [0.4, 0.5) is 0 Å². The zero-order valence-corrected chi connectivity index (χ0v) is 17.5. The van der Waals surface area contributed by atoms with E-state index in [1.54, 1.807) is 0 Å². The molecule has 4 fully saturated rings. The summed E-state index contributed by atoms with van der Waals surface area (Å²) in [6.07, 6.45) is 10.1. The zero-order valence-electron chi connectivity index (χ0n) is 17.5. The molecular formula is C25H36N2O. The Kier molecular flexibility index (Phi) is 5.21. The fourth-order valence-electron chi connectivity index (χ4n) is 6.18. The molecule has 1 amide bonds. The normalized spacial score (nSPS) is 33.2. The van der Waals surface area contributed by atoms with Gasteiger partial charge in [-0.1, -0.05) is 30.7 Å². The van der Waals surface area contributed by atoms with Gasteiger partial charge in [0.1, 0.15) is 0 Å². The second kappa shape index (κ2) is 7.82. The molecule has 0 radical (unpaired) electrons. The SMILES string of the molecule is C[C@@H]1CCCN1CCc1ccc(C2CCCC3CN(C(=O)C4CC4)CC32)cc1. The van der Waals surface area contributed by atoms with Crippen LogP contribution in [0.1, 0.15) is 68.9 Å². The first-order chi connectivity index (χ1) is 13.7. The average Bonchev–Trinajstić information content (AvgIpc) is 3.34. The number of fused-ring (bicyclic) bond motifs is 1. The predicted octanol–water partition coefficient (Wildman–Crippen LogP) is 4.47. The highest BCUT2D eigenvalue weighted by molar-refractivity contribution is 5.81. The highest BCUT2D eigenvalue weighted by atomic mass is 16.2. The Morgan fingerprint density at radius 3 is 2.54 bits per heavy atom. The molecule has 0 aromatic heterocycles. The van der Waals surface area contributed by atoms with Crippen LogP contribution < -0.4 is 0 Å². The van der Waals surface area contributed by atoms with Crippen LogP contribution in [-0.2, 0) is 11.2 Å². The summed E-state index contributed by atoms with van der Waals surface area (Å²) in [6.45, 7) is 6.89. The Bertz CT molecular complexity index is 695. The number of hydrogen-bond donors (Lipinski definition) is 0. The van der Waals surface area contributed by atoms with Crippen molar-refractivity contribution in [2.45, 2.75) is 70.3 Å². The van der Waals surface area contributed by atoms with Crippen LogP contribution in [0.3, 0.4) is 0 Å². The number of hydrogen-bond acceptors (Lipinski definition) is 2. The first-order valence-electron chi connectivity index (χ1n) is 11.8. The minimum atomic E-state index is 0.371. The molecule has 4 aliphatic rings.